The Bertz CT molecular complexity index is 2770. The van der Waals surface area contributed by atoms with Gasteiger partial charge >= 0.3 is 239 Å². The Hall–Kier alpha value is -6.18. The molecule has 3 aromatic heterocycles. The number of nitrogens with zero attached hydrogens (tertiary/aromatic N) is 4. The normalized spacial score (nSPS) is 13.4. The van der Waals surface area contributed by atoms with Crippen molar-refractivity contribution in [2.24, 2.45) is 0 Å². The molecular formula is C44H28GeN4O. The van der Waals surface area contributed by atoms with Gasteiger partial charge in [0.25, 0.3) is 0 Å². The fourth-order valence-electron chi connectivity index (χ4n) is 8.62. The average molecular weight is 701 g/mol. The predicted molar refractivity (Wildman–Crippen MR) is 204 cm³/mol. The molecule has 6 aromatic carbocycles. The van der Waals surface area contributed by atoms with Gasteiger partial charge in [0, 0.05) is 6.20 Å². The minimum atomic E-state index is -3.27. The summed E-state index contributed by atoms with van der Waals surface area (Å²) in [6, 6.07) is 56.2. The number of benzene rings is 6. The van der Waals surface area contributed by atoms with Crippen LogP contribution in [0.2, 0.25) is 0 Å². The van der Waals surface area contributed by atoms with Gasteiger partial charge in [-0.1, -0.05) is 24.3 Å². The second kappa shape index (κ2) is 10.4. The first kappa shape index (κ1) is 27.7. The molecule has 234 valence electrons. The first-order valence-electron chi connectivity index (χ1n) is 16.9. The largest absolute Gasteiger partial charge is 0.239 e. The molecule has 0 bridgehead atoms. The molecule has 11 rings (SSSR count). The molecule has 5 heterocycles. The topological polar surface area (TPSA) is 44.9 Å². The zero-order valence-electron chi connectivity index (χ0n) is 26.9. The van der Waals surface area contributed by atoms with E-state index in [4.69, 9.17) is 9.84 Å². The van der Waals surface area contributed by atoms with Gasteiger partial charge in [0.15, 0.2) is 0 Å². The van der Waals surface area contributed by atoms with Crippen LogP contribution in [-0.2, 0) is 0 Å². The first-order chi connectivity index (χ1) is 24.8. The second-order valence-corrected chi connectivity index (χ2v) is 20.7. The molecule has 1 spiro atoms. The van der Waals surface area contributed by atoms with E-state index in [0.29, 0.717) is 0 Å². The summed E-state index contributed by atoms with van der Waals surface area (Å²) in [7, 11) is 0. The summed E-state index contributed by atoms with van der Waals surface area (Å²) in [6.07, 6.45) is 3.99. The van der Waals surface area contributed by atoms with E-state index >= 15 is 0 Å². The van der Waals surface area contributed by atoms with E-state index in [2.05, 4.69) is 154 Å². The zero-order valence-corrected chi connectivity index (χ0v) is 29.0. The average Bonchev–Trinajstić information content (AvgIpc) is 3.91. The Kier molecular flexibility index (Phi) is 5.78. The Morgan fingerprint density at radius 1 is 0.500 bits per heavy atom. The van der Waals surface area contributed by atoms with Gasteiger partial charge in [0.1, 0.15) is 0 Å². The van der Waals surface area contributed by atoms with Crippen molar-refractivity contribution >= 4 is 52.7 Å². The van der Waals surface area contributed by atoms with Crippen molar-refractivity contribution in [3.63, 3.8) is 0 Å². The summed E-state index contributed by atoms with van der Waals surface area (Å²) >= 11 is -3.27. The van der Waals surface area contributed by atoms with E-state index in [1.165, 1.54) is 45.4 Å². The Labute approximate surface area is 291 Å². The van der Waals surface area contributed by atoms with E-state index in [1.807, 2.05) is 30.5 Å². The van der Waals surface area contributed by atoms with Gasteiger partial charge in [0.2, 0.25) is 0 Å². The molecule has 0 fully saturated rings. The van der Waals surface area contributed by atoms with Gasteiger partial charge in [-0.3, -0.25) is 0 Å². The zero-order chi connectivity index (χ0) is 32.8. The smallest absolute Gasteiger partial charge is 0.0292 e. The molecule has 0 atom stereocenters. The van der Waals surface area contributed by atoms with Crippen molar-refractivity contribution < 1.29 is 4.74 Å². The number of para-hydroxylation sites is 1. The third-order valence-electron chi connectivity index (χ3n) is 10.5. The monoisotopic (exact) mass is 702 g/mol. The molecule has 2 aliphatic rings. The maximum Gasteiger partial charge on any atom is 0.0292 e. The molecule has 0 amide bonds. The number of aromatic nitrogens is 4. The van der Waals surface area contributed by atoms with Crippen LogP contribution in [-0.4, -0.2) is 32.6 Å². The van der Waals surface area contributed by atoms with Crippen LogP contribution in [0.1, 0.15) is 0 Å². The van der Waals surface area contributed by atoms with Crippen LogP contribution in [0.15, 0.2) is 170 Å². The molecule has 0 unspecified atom stereocenters. The fourth-order valence-corrected chi connectivity index (χ4v) is 20.1. The van der Waals surface area contributed by atoms with Gasteiger partial charge < -0.3 is 0 Å². The Morgan fingerprint density at radius 2 is 1.16 bits per heavy atom. The molecule has 9 aromatic rings. The number of pyridine rings is 1. The Morgan fingerprint density at radius 3 is 1.94 bits per heavy atom. The van der Waals surface area contributed by atoms with Crippen molar-refractivity contribution in [2.45, 2.75) is 0 Å². The molecule has 0 aliphatic carbocycles. The summed E-state index contributed by atoms with van der Waals surface area (Å²) in [6.45, 7) is 0. The van der Waals surface area contributed by atoms with Crippen LogP contribution in [0.3, 0.4) is 0 Å². The minimum absolute atomic E-state index is 0.755. The number of hydrogen-bond donors (Lipinski definition) is 0. The van der Waals surface area contributed by atoms with Gasteiger partial charge in [-0.25, -0.2) is 4.98 Å². The van der Waals surface area contributed by atoms with Crippen molar-refractivity contribution in [2.75, 3.05) is 0 Å². The molecule has 0 N–H and O–H groups in total. The molecule has 5 nitrogen and oxygen atoms in total. The quantitative estimate of drug-likeness (QED) is 0.179. The van der Waals surface area contributed by atoms with Crippen molar-refractivity contribution in [3.05, 3.63) is 170 Å². The van der Waals surface area contributed by atoms with Crippen LogP contribution in [0, 0.1) is 0 Å². The summed E-state index contributed by atoms with van der Waals surface area (Å²) in [5.41, 5.74) is 8.36. The minimum Gasteiger partial charge on any atom is -0.239 e. The number of rotatable bonds is 4. The van der Waals surface area contributed by atoms with Crippen molar-refractivity contribution in [3.8, 4) is 45.4 Å². The third kappa shape index (κ3) is 3.67. The van der Waals surface area contributed by atoms with E-state index in [1.54, 1.807) is 0 Å². The van der Waals surface area contributed by atoms with Gasteiger partial charge in [-0.2, -0.15) is 0 Å². The van der Waals surface area contributed by atoms with E-state index in [-0.39, 0.29) is 0 Å². The fraction of sp³-hybridized carbons (Fsp3) is 0. The summed E-state index contributed by atoms with van der Waals surface area (Å²) in [5, 5.41) is 7.47. The van der Waals surface area contributed by atoms with E-state index < -0.39 is 13.3 Å². The summed E-state index contributed by atoms with van der Waals surface area (Å²) < 4.78 is 16.8. The number of hydrogen-bond acceptors (Lipinski definition) is 3. The number of fused-ring (bicyclic) bond motifs is 13. The maximum absolute atomic E-state index is 6.62. The molecular weight excluding hydrogens is 673 g/mol. The van der Waals surface area contributed by atoms with Crippen LogP contribution in [0.25, 0.3) is 55.7 Å². The van der Waals surface area contributed by atoms with Crippen molar-refractivity contribution in [1.29, 1.82) is 0 Å². The van der Waals surface area contributed by atoms with Crippen LogP contribution in [0.5, 0.6) is 11.5 Å². The molecule has 0 saturated heterocycles. The van der Waals surface area contributed by atoms with Crippen molar-refractivity contribution in [1.82, 2.24) is 19.3 Å². The van der Waals surface area contributed by atoms with E-state index in [0.717, 1.165) is 39.4 Å². The molecule has 50 heavy (non-hydrogen) atoms. The molecule has 6 heteroatoms. The molecule has 0 saturated carbocycles. The standard InChI is InChI=1S/C44H28GeN4O/c1-5-18-37-32(14-1)33-15-2-6-19-38(33)45(37)39-20-7-3-17-36(39)44-40(45)28-47-49(44)29-12-11-13-30(26-29)50-31-23-24-35-34-16-4-8-21-41(34)48(42(35)27-31)43-22-9-10-25-46-43/h1-28H. The SMILES string of the molecule is c1ccc(-n2c3ccccc3c3ccc(Oc4cccc(-n5nc[c]6c5-c5cccc[c]5[Ge]65[c]6ccccc6-c6cccc[c]65)c4)cc32)nc1. The predicted octanol–water partition coefficient (Wildman–Crippen LogP) is 7.49. The van der Waals surface area contributed by atoms with E-state index in [9.17, 15) is 0 Å². The van der Waals surface area contributed by atoms with Gasteiger partial charge in [-0.05, 0) is 18.2 Å². The first-order valence-corrected chi connectivity index (χ1v) is 21.1. The second-order valence-electron chi connectivity index (χ2n) is 13.0. The van der Waals surface area contributed by atoms with Crippen LogP contribution >= 0.6 is 0 Å². The van der Waals surface area contributed by atoms with Gasteiger partial charge in [-0.15, -0.1) is 0 Å². The van der Waals surface area contributed by atoms with Crippen LogP contribution in [0.4, 0.5) is 0 Å². The molecule has 0 radical (unpaired) electrons. The Balaban J connectivity index is 1.04. The summed E-state index contributed by atoms with van der Waals surface area (Å²) in [5.74, 6) is 2.39. The maximum atomic E-state index is 6.62. The third-order valence-corrected chi connectivity index (χ3v) is 20.8. The van der Waals surface area contributed by atoms with Crippen LogP contribution < -0.4 is 22.3 Å². The molecule has 2 aliphatic heterocycles. The van der Waals surface area contributed by atoms with Gasteiger partial charge in [0.05, 0.1) is 0 Å². The number of ether oxygens (including phenoxy) is 1. The summed E-state index contributed by atoms with van der Waals surface area (Å²) in [4.78, 5) is 4.69.